The number of hydrogen-bond donors (Lipinski definition) is 2. The van der Waals surface area contributed by atoms with Crippen LogP contribution in [0.3, 0.4) is 0 Å². The van der Waals surface area contributed by atoms with Crippen molar-refractivity contribution >= 4 is 23.1 Å². The van der Waals surface area contributed by atoms with Gasteiger partial charge in [-0.25, -0.2) is 0 Å². The number of carbonyl (C=O) groups is 1. The molecule has 0 heterocycles. The fourth-order valence-corrected chi connectivity index (χ4v) is 2.16. The zero-order valence-electron chi connectivity index (χ0n) is 15.0. The predicted octanol–water partition coefficient (Wildman–Crippen LogP) is 2.65. The van der Waals surface area contributed by atoms with E-state index in [9.17, 15) is 4.79 Å². The van der Waals surface area contributed by atoms with Gasteiger partial charge in [0.05, 0.1) is 0 Å². The van der Waals surface area contributed by atoms with Gasteiger partial charge >= 0.3 is 0 Å². The summed E-state index contributed by atoms with van der Waals surface area (Å²) in [6.07, 6.45) is 0. The van der Waals surface area contributed by atoms with E-state index in [-0.39, 0.29) is 18.3 Å². The van der Waals surface area contributed by atoms with E-state index >= 15 is 0 Å². The molecule has 2 rings (SSSR count). The fourth-order valence-electron chi connectivity index (χ4n) is 2.16. The Bertz CT molecular complexity index is 767. The normalized spacial score (nSPS) is 11.1. The zero-order valence-corrected chi connectivity index (χ0v) is 15.0. The molecule has 0 fully saturated rings. The highest BCUT2D eigenvalue weighted by atomic mass is 16.6. The molecule has 3 N–H and O–H groups in total. The van der Waals surface area contributed by atoms with Gasteiger partial charge in [-0.1, -0.05) is 11.2 Å². The number of oxime groups is 1. The number of hydrogen-bond acceptors (Lipinski definition) is 4. The van der Waals surface area contributed by atoms with Crippen LogP contribution in [0.1, 0.15) is 16.7 Å². The van der Waals surface area contributed by atoms with Crippen LogP contribution in [0.4, 0.5) is 11.4 Å². The Morgan fingerprint density at radius 1 is 1.12 bits per heavy atom. The number of nitrogens with one attached hydrogen (secondary N) is 1. The fraction of sp³-hybridized carbons (Fsp3) is 0.263. The molecule has 0 aliphatic rings. The van der Waals surface area contributed by atoms with Gasteiger partial charge < -0.3 is 20.8 Å². The first-order chi connectivity index (χ1) is 11.9. The molecule has 2 aromatic carbocycles. The molecule has 25 heavy (non-hydrogen) atoms. The molecule has 6 heteroatoms. The molecule has 0 aliphatic heterocycles. The molecule has 2 aromatic rings. The van der Waals surface area contributed by atoms with Crippen molar-refractivity contribution < 1.29 is 9.63 Å². The molecule has 132 valence electrons. The van der Waals surface area contributed by atoms with Crippen LogP contribution in [0.2, 0.25) is 0 Å². The molecule has 0 unspecified atom stereocenters. The van der Waals surface area contributed by atoms with Gasteiger partial charge in [0.25, 0.3) is 5.91 Å². The van der Waals surface area contributed by atoms with Gasteiger partial charge in [-0.2, -0.15) is 0 Å². The topological polar surface area (TPSA) is 79.9 Å². The lowest BCUT2D eigenvalue weighted by atomic mass is 10.1. The third-order valence-electron chi connectivity index (χ3n) is 3.83. The average Bonchev–Trinajstić information content (AvgIpc) is 2.58. The van der Waals surface area contributed by atoms with Crippen LogP contribution in [-0.4, -0.2) is 32.4 Å². The second-order valence-electron chi connectivity index (χ2n) is 6.04. The van der Waals surface area contributed by atoms with Crippen LogP contribution in [0.15, 0.2) is 47.6 Å². The Kier molecular flexibility index (Phi) is 6.00. The van der Waals surface area contributed by atoms with E-state index in [4.69, 9.17) is 10.6 Å². The number of nitrogens with two attached hydrogens (primary N) is 1. The van der Waals surface area contributed by atoms with Gasteiger partial charge in [-0.3, -0.25) is 4.79 Å². The Labute approximate surface area is 148 Å². The molecular formula is C19H24N4O2. The van der Waals surface area contributed by atoms with Gasteiger partial charge in [0.15, 0.2) is 12.4 Å². The van der Waals surface area contributed by atoms with Crippen LogP contribution in [0.5, 0.6) is 0 Å². The number of anilines is 2. The molecule has 0 aliphatic carbocycles. The number of benzene rings is 2. The zero-order chi connectivity index (χ0) is 18.4. The Hall–Kier alpha value is -3.02. The second-order valence-corrected chi connectivity index (χ2v) is 6.04. The molecular weight excluding hydrogens is 316 g/mol. The Balaban J connectivity index is 1.88. The maximum Gasteiger partial charge on any atom is 0.265 e. The minimum Gasteiger partial charge on any atom is -0.384 e. The largest absolute Gasteiger partial charge is 0.384 e. The van der Waals surface area contributed by atoms with Crippen LogP contribution >= 0.6 is 0 Å². The van der Waals surface area contributed by atoms with E-state index in [1.54, 1.807) is 0 Å². The first-order valence-corrected chi connectivity index (χ1v) is 7.97. The summed E-state index contributed by atoms with van der Waals surface area (Å²) >= 11 is 0. The van der Waals surface area contributed by atoms with Crippen LogP contribution < -0.4 is 16.0 Å². The summed E-state index contributed by atoms with van der Waals surface area (Å²) in [5.74, 6) is -0.0629. The van der Waals surface area contributed by atoms with Crippen molar-refractivity contribution in [1.82, 2.24) is 0 Å². The van der Waals surface area contributed by atoms with E-state index in [0.29, 0.717) is 0 Å². The van der Waals surface area contributed by atoms with E-state index in [1.807, 2.05) is 75.3 Å². The third-order valence-corrected chi connectivity index (χ3v) is 3.83. The molecule has 1 amide bonds. The Morgan fingerprint density at radius 2 is 1.80 bits per heavy atom. The predicted molar refractivity (Wildman–Crippen MR) is 102 cm³/mol. The Morgan fingerprint density at radius 3 is 2.40 bits per heavy atom. The van der Waals surface area contributed by atoms with Crippen molar-refractivity contribution in [3.8, 4) is 0 Å². The van der Waals surface area contributed by atoms with E-state index < -0.39 is 0 Å². The number of carbonyl (C=O) groups excluding carboxylic acids is 1. The van der Waals surface area contributed by atoms with Gasteiger partial charge in [0.1, 0.15) is 0 Å². The molecule has 0 saturated carbocycles. The number of amidine groups is 1. The summed E-state index contributed by atoms with van der Waals surface area (Å²) < 4.78 is 0. The van der Waals surface area contributed by atoms with E-state index in [2.05, 4.69) is 10.5 Å². The molecule has 6 nitrogen and oxygen atoms in total. The van der Waals surface area contributed by atoms with Gasteiger partial charge in [0.2, 0.25) is 0 Å². The lowest BCUT2D eigenvalue weighted by Crippen LogP contribution is -2.19. The molecule has 0 radical (unpaired) electrons. The highest BCUT2D eigenvalue weighted by Gasteiger charge is 2.05. The smallest absolute Gasteiger partial charge is 0.265 e. The number of rotatable bonds is 6. The minimum atomic E-state index is -0.289. The van der Waals surface area contributed by atoms with Crippen LogP contribution in [0, 0.1) is 13.8 Å². The molecule has 0 atom stereocenters. The second kappa shape index (κ2) is 8.19. The maximum atomic E-state index is 11.9. The lowest BCUT2D eigenvalue weighted by Gasteiger charge is -2.12. The van der Waals surface area contributed by atoms with Crippen molar-refractivity contribution in [2.24, 2.45) is 10.9 Å². The SMILES string of the molecule is Cc1ccc(NC(=O)CO/N=C(\N)c2ccc(N(C)C)cc2)cc1C. The summed E-state index contributed by atoms with van der Waals surface area (Å²) in [5.41, 5.74) is 10.7. The summed E-state index contributed by atoms with van der Waals surface area (Å²) in [7, 11) is 3.92. The number of aryl methyl sites for hydroxylation is 2. The first-order valence-electron chi connectivity index (χ1n) is 7.97. The van der Waals surface area contributed by atoms with E-state index in [1.165, 1.54) is 5.56 Å². The van der Waals surface area contributed by atoms with Crippen molar-refractivity contribution in [1.29, 1.82) is 0 Å². The van der Waals surface area contributed by atoms with Crippen molar-refractivity contribution in [3.05, 3.63) is 59.2 Å². The van der Waals surface area contributed by atoms with Gasteiger partial charge in [0, 0.05) is 31.0 Å². The summed E-state index contributed by atoms with van der Waals surface area (Å²) in [5, 5.41) is 6.57. The molecule has 0 aromatic heterocycles. The molecule has 0 saturated heterocycles. The first kappa shape index (κ1) is 18.3. The summed E-state index contributed by atoms with van der Waals surface area (Å²) in [6, 6.07) is 13.3. The van der Waals surface area contributed by atoms with Crippen LogP contribution in [-0.2, 0) is 9.63 Å². The number of amides is 1. The minimum absolute atomic E-state index is 0.205. The van der Waals surface area contributed by atoms with Crippen LogP contribution in [0.25, 0.3) is 0 Å². The average molecular weight is 340 g/mol. The van der Waals surface area contributed by atoms with Gasteiger partial charge in [-0.15, -0.1) is 0 Å². The quantitative estimate of drug-likeness (QED) is 0.481. The van der Waals surface area contributed by atoms with Crippen molar-refractivity contribution in [3.63, 3.8) is 0 Å². The summed E-state index contributed by atoms with van der Waals surface area (Å²) in [4.78, 5) is 18.9. The van der Waals surface area contributed by atoms with E-state index in [0.717, 1.165) is 22.5 Å². The molecule has 0 bridgehead atoms. The maximum absolute atomic E-state index is 11.9. The van der Waals surface area contributed by atoms with Crippen molar-refractivity contribution in [2.45, 2.75) is 13.8 Å². The highest BCUT2D eigenvalue weighted by molar-refractivity contribution is 5.97. The molecule has 0 spiro atoms. The standard InChI is InChI=1S/C19H24N4O2/c1-13-5-8-16(11-14(13)2)21-18(24)12-25-22-19(20)15-6-9-17(10-7-15)23(3)4/h5-11H,12H2,1-4H3,(H2,20,22)(H,21,24). The summed E-state index contributed by atoms with van der Waals surface area (Å²) in [6.45, 7) is 3.81. The number of nitrogens with zero attached hydrogens (tertiary/aromatic N) is 2. The van der Waals surface area contributed by atoms with Gasteiger partial charge in [-0.05, 0) is 61.4 Å². The third kappa shape index (κ3) is 5.24. The highest BCUT2D eigenvalue weighted by Crippen LogP contribution is 2.14. The monoisotopic (exact) mass is 340 g/mol. The lowest BCUT2D eigenvalue weighted by molar-refractivity contribution is -0.120. The van der Waals surface area contributed by atoms with Crippen molar-refractivity contribution in [2.75, 3.05) is 30.9 Å².